The van der Waals surface area contributed by atoms with E-state index in [2.05, 4.69) is 48.2 Å². The summed E-state index contributed by atoms with van der Waals surface area (Å²) in [6.45, 7) is 10.7. The lowest BCUT2D eigenvalue weighted by molar-refractivity contribution is 0.102. The fourth-order valence-corrected chi connectivity index (χ4v) is 4.09. The van der Waals surface area contributed by atoms with Crippen LogP contribution < -0.4 is 10.6 Å². The monoisotopic (exact) mass is 441 g/mol. The van der Waals surface area contributed by atoms with Gasteiger partial charge in [0.15, 0.2) is 0 Å². The predicted molar refractivity (Wildman–Crippen MR) is 129 cm³/mol. The largest absolute Gasteiger partial charge is 0.367 e. The minimum absolute atomic E-state index is 0.239. The summed E-state index contributed by atoms with van der Waals surface area (Å²) in [4.78, 5) is 19.7. The molecule has 1 aliphatic rings. The van der Waals surface area contributed by atoms with E-state index in [9.17, 15) is 4.79 Å². The van der Waals surface area contributed by atoms with Crippen molar-refractivity contribution in [1.82, 2.24) is 9.88 Å². The van der Waals surface area contributed by atoms with Gasteiger partial charge in [-0.05, 0) is 50.3 Å². The van der Waals surface area contributed by atoms with Gasteiger partial charge in [-0.3, -0.25) is 4.79 Å². The van der Waals surface area contributed by atoms with Crippen LogP contribution in [0.5, 0.6) is 0 Å². The molecule has 166 valence electrons. The molecule has 0 spiro atoms. The highest BCUT2D eigenvalue weighted by Gasteiger charge is 2.23. The molecule has 1 saturated heterocycles. The third-order valence-corrected chi connectivity index (χ3v) is 6.28. The van der Waals surface area contributed by atoms with E-state index in [1.807, 2.05) is 24.3 Å². The van der Waals surface area contributed by atoms with Crippen molar-refractivity contribution in [1.29, 1.82) is 5.41 Å². The van der Waals surface area contributed by atoms with Gasteiger partial charge in [-0.2, -0.15) is 0 Å². The van der Waals surface area contributed by atoms with Crippen molar-refractivity contribution in [2.24, 2.45) is 0 Å². The highest BCUT2D eigenvalue weighted by Crippen LogP contribution is 2.28. The molecule has 1 amide bonds. The van der Waals surface area contributed by atoms with Crippen LogP contribution in [-0.4, -0.2) is 47.2 Å². The molecule has 0 aliphatic carbocycles. The molecule has 3 N–H and O–H groups in total. The first-order valence-electron chi connectivity index (χ1n) is 10.9. The van der Waals surface area contributed by atoms with Crippen molar-refractivity contribution < 1.29 is 4.79 Å². The van der Waals surface area contributed by atoms with Gasteiger partial charge < -0.3 is 20.9 Å². The Morgan fingerprint density at radius 2 is 1.84 bits per heavy atom. The Bertz CT molecular complexity index is 918. The SMILES string of the molecule is CC(C)c1ccc(NC(=O)c2cnc(NC3CCN(C(C)C)CC3)c(C=N)c2Cl)cc1. The number of halogens is 1. The molecule has 1 aromatic heterocycles. The first-order valence-corrected chi connectivity index (χ1v) is 11.3. The zero-order valence-electron chi connectivity index (χ0n) is 18.7. The number of amides is 1. The fraction of sp³-hybridized carbons (Fsp3) is 0.458. The lowest BCUT2D eigenvalue weighted by Gasteiger charge is -2.35. The van der Waals surface area contributed by atoms with E-state index in [0.29, 0.717) is 29.0 Å². The van der Waals surface area contributed by atoms with Crippen LogP contribution in [0.2, 0.25) is 5.02 Å². The average Bonchev–Trinajstić information content (AvgIpc) is 2.74. The molecule has 3 rings (SSSR count). The molecule has 0 unspecified atom stereocenters. The van der Waals surface area contributed by atoms with Crippen molar-refractivity contribution in [3.8, 4) is 0 Å². The molecule has 2 aromatic rings. The summed E-state index contributed by atoms with van der Waals surface area (Å²) in [6, 6.07) is 8.58. The number of anilines is 2. The molecule has 0 atom stereocenters. The summed E-state index contributed by atoms with van der Waals surface area (Å²) in [6.07, 6.45) is 4.65. The van der Waals surface area contributed by atoms with Crippen molar-refractivity contribution >= 4 is 35.2 Å². The first-order chi connectivity index (χ1) is 14.8. The number of aromatic nitrogens is 1. The van der Waals surface area contributed by atoms with Gasteiger partial charge in [0, 0.05) is 43.3 Å². The maximum atomic E-state index is 12.8. The number of nitrogens with one attached hydrogen (secondary N) is 3. The van der Waals surface area contributed by atoms with Gasteiger partial charge in [0.25, 0.3) is 5.91 Å². The third-order valence-electron chi connectivity index (χ3n) is 5.88. The van der Waals surface area contributed by atoms with Gasteiger partial charge >= 0.3 is 0 Å². The Morgan fingerprint density at radius 3 is 2.39 bits per heavy atom. The number of carbonyl (C=O) groups excluding carboxylic acids is 1. The van der Waals surface area contributed by atoms with E-state index < -0.39 is 0 Å². The van der Waals surface area contributed by atoms with Crippen LogP contribution in [-0.2, 0) is 0 Å². The average molecular weight is 442 g/mol. The molecule has 0 saturated carbocycles. The second kappa shape index (κ2) is 10.2. The van der Waals surface area contributed by atoms with Crippen LogP contribution in [0.1, 0.15) is 67.9 Å². The van der Waals surface area contributed by atoms with E-state index >= 15 is 0 Å². The van der Waals surface area contributed by atoms with Gasteiger partial charge in [0.1, 0.15) is 5.82 Å². The van der Waals surface area contributed by atoms with Crippen LogP contribution >= 0.6 is 11.6 Å². The summed E-state index contributed by atoms with van der Waals surface area (Å²) in [5, 5.41) is 14.4. The van der Waals surface area contributed by atoms with Gasteiger partial charge in [-0.1, -0.05) is 37.6 Å². The zero-order chi connectivity index (χ0) is 22.5. The summed E-state index contributed by atoms with van der Waals surface area (Å²) >= 11 is 6.52. The maximum Gasteiger partial charge on any atom is 0.258 e. The summed E-state index contributed by atoms with van der Waals surface area (Å²) in [5.74, 6) is 0.645. The molecule has 1 aromatic carbocycles. The molecule has 1 aliphatic heterocycles. The Hall–Kier alpha value is -2.44. The van der Waals surface area contributed by atoms with Gasteiger partial charge in [0.2, 0.25) is 0 Å². The summed E-state index contributed by atoms with van der Waals surface area (Å²) < 4.78 is 0. The number of benzene rings is 1. The Balaban J connectivity index is 1.71. The van der Waals surface area contributed by atoms with E-state index in [-0.39, 0.29) is 22.5 Å². The normalized spacial score (nSPS) is 15.3. The van der Waals surface area contributed by atoms with Crippen molar-refractivity contribution in [2.75, 3.05) is 23.7 Å². The second-order valence-electron chi connectivity index (χ2n) is 8.67. The number of rotatable bonds is 7. The van der Waals surface area contributed by atoms with E-state index in [1.54, 1.807) is 0 Å². The van der Waals surface area contributed by atoms with Crippen LogP contribution in [0.3, 0.4) is 0 Å². The Morgan fingerprint density at radius 1 is 1.19 bits per heavy atom. The number of hydrogen-bond acceptors (Lipinski definition) is 5. The smallest absolute Gasteiger partial charge is 0.258 e. The predicted octanol–water partition coefficient (Wildman–Crippen LogP) is 5.39. The van der Waals surface area contributed by atoms with Gasteiger partial charge in [-0.25, -0.2) is 4.98 Å². The molecule has 6 nitrogen and oxygen atoms in total. The summed E-state index contributed by atoms with van der Waals surface area (Å²) in [7, 11) is 0. The topological polar surface area (TPSA) is 81.1 Å². The number of hydrogen-bond donors (Lipinski definition) is 3. The quantitative estimate of drug-likeness (QED) is 0.503. The van der Waals surface area contributed by atoms with Gasteiger partial charge in [-0.15, -0.1) is 0 Å². The van der Waals surface area contributed by atoms with Gasteiger partial charge in [0.05, 0.1) is 16.1 Å². The Kier molecular flexibility index (Phi) is 7.68. The first kappa shape index (κ1) is 23.2. The number of carbonyl (C=O) groups is 1. The lowest BCUT2D eigenvalue weighted by Crippen LogP contribution is -2.42. The maximum absolute atomic E-state index is 12.8. The highest BCUT2D eigenvalue weighted by molar-refractivity contribution is 6.37. The van der Waals surface area contributed by atoms with Crippen molar-refractivity contribution in [2.45, 2.75) is 58.5 Å². The molecule has 31 heavy (non-hydrogen) atoms. The van der Waals surface area contributed by atoms with Crippen LogP contribution in [0, 0.1) is 5.41 Å². The number of pyridine rings is 1. The number of piperidine rings is 1. The number of nitrogens with zero attached hydrogens (tertiary/aromatic N) is 2. The fourth-order valence-electron chi connectivity index (χ4n) is 3.81. The lowest BCUT2D eigenvalue weighted by atomic mass is 10.0. The van der Waals surface area contributed by atoms with E-state index in [1.165, 1.54) is 11.8 Å². The molecule has 7 heteroatoms. The molecular weight excluding hydrogens is 410 g/mol. The van der Waals surface area contributed by atoms with E-state index in [0.717, 1.165) is 32.1 Å². The molecule has 1 fully saturated rings. The number of likely N-dealkylation sites (tertiary alicyclic amines) is 1. The van der Waals surface area contributed by atoms with Crippen molar-refractivity contribution in [3.63, 3.8) is 0 Å². The molecule has 2 heterocycles. The molecule has 0 bridgehead atoms. The zero-order valence-corrected chi connectivity index (χ0v) is 19.5. The highest BCUT2D eigenvalue weighted by atomic mass is 35.5. The second-order valence-corrected chi connectivity index (χ2v) is 9.05. The van der Waals surface area contributed by atoms with Crippen molar-refractivity contribution in [3.05, 3.63) is 52.2 Å². The third kappa shape index (κ3) is 5.63. The van der Waals surface area contributed by atoms with Crippen LogP contribution in [0.15, 0.2) is 30.5 Å². The van der Waals surface area contributed by atoms with Crippen LogP contribution in [0.25, 0.3) is 0 Å². The summed E-state index contributed by atoms with van der Waals surface area (Å²) in [5.41, 5.74) is 2.60. The minimum atomic E-state index is -0.338. The van der Waals surface area contributed by atoms with Crippen LogP contribution in [0.4, 0.5) is 11.5 Å². The van der Waals surface area contributed by atoms with E-state index in [4.69, 9.17) is 17.0 Å². The molecular formula is C24H32ClN5O. The minimum Gasteiger partial charge on any atom is -0.367 e. The standard InChI is InChI=1S/C24H32ClN5O/c1-15(2)17-5-7-18(8-6-17)29-24(31)21-14-27-23(20(13-26)22(21)25)28-19-9-11-30(12-10-19)16(3)4/h5-8,13-16,19,26H,9-12H2,1-4H3,(H,27,28)(H,29,31). The Labute approximate surface area is 189 Å². The molecule has 0 radical (unpaired) electrons.